The van der Waals surface area contributed by atoms with Crippen LogP contribution < -0.4 is 4.57 Å². The number of Topliss-reactive ketones (excluding diaryl/α,β-unsaturated/α-hetero) is 1. The fourth-order valence-corrected chi connectivity index (χ4v) is 2.27. The number of nitrogens with zero attached hydrogens (tertiary/aromatic N) is 1. The minimum absolute atomic E-state index is 0.0598. The third-order valence-corrected chi connectivity index (χ3v) is 3.30. The van der Waals surface area contributed by atoms with Crippen molar-refractivity contribution in [3.63, 3.8) is 0 Å². The number of carbonyl (C=O) groups excluding carboxylic acids is 1. The summed E-state index contributed by atoms with van der Waals surface area (Å²) in [6.07, 6.45) is 3.66. The molecule has 0 aliphatic rings. The molecule has 0 saturated carbocycles. The Hall–Kier alpha value is -2.68. The number of carbonyl (C=O) groups is 1. The highest BCUT2D eigenvalue weighted by atomic mass is 16.3. The standard InChI is InChI=1S/C17H13NO2/c19-16(12-18-10-4-1-5-11-18)15-9-8-13-6-2-3-7-14(13)17(15)20/h1-11H,12H2/p+1. The highest BCUT2D eigenvalue weighted by Gasteiger charge is 2.17. The predicted molar refractivity (Wildman–Crippen MR) is 76.6 cm³/mol. The van der Waals surface area contributed by atoms with E-state index in [4.69, 9.17) is 0 Å². The molecular formula is C17H14NO2+. The van der Waals surface area contributed by atoms with Crippen molar-refractivity contribution < 1.29 is 14.5 Å². The van der Waals surface area contributed by atoms with Gasteiger partial charge < -0.3 is 5.11 Å². The summed E-state index contributed by atoms with van der Waals surface area (Å²) in [5, 5.41) is 11.9. The van der Waals surface area contributed by atoms with Crippen LogP contribution in [0, 0.1) is 0 Å². The maximum absolute atomic E-state index is 12.3. The van der Waals surface area contributed by atoms with Crippen molar-refractivity contribution in [2.45, 2.75) is 6.54 Å². The maximum atomic E-state index is 12.3. The highest BCUT2D eigenvalue weighted by Crippen LogP contribution is 2.28. The monoisotopic (exact) mass is 264 g/mol. The van der Waals surface area contributed by atoms with E-state index < -0.39 is 0 Å². The van der Waals surface area contributed by atoms with Crippen molar-refractivity contribution in [3.8, 4) is 5.75 Å². The van der Waals surface area contributed by atoms with Gasteiger partial charge in [0.2, 0.25) is 12.3 Å². The molecule has 3 nitrogen and oxygen atoms in total. The van der Waals surface area contributed by atoms with Gasteiger partial charge in [-0.2, -0.15) is 4.57 Å². The van der Waals surface area contributed by atoms with Crippen LogP contribution in [0.25, 0.3) is 10.8 Å². The average Bonchev–Trinajstić information content (AvgIpc) is 2.49. The van der Waals surface area contributed by atoms with Crippen LogP contribution in [0.15, 0.2) is 67.0 Å². The Balaban J connectivity index is 1.98. The van der Waals surface area contributed by atoms with E-state index in [1.54, 1.807) is 10.6 Å². The molecule has 1 heterocycles. The van der Waals surface area contributed by atoms with Crippen molar-refractivity contribution in [2.24, 2.45) is 0 Å². The van der Waals surface area contributed by atoms with Crippen molar-refractivity contribution in [3.05, 3.63) is 72.6 Å². The van der Waals surface area contributed by atoms with Gasteiger partial charge in [-0.05, 0) is 11.5 Å². The molecule has 0 unspecified atom stereocenters. The summed E-state index contributed by atoms with van der Waals surface area (Å²) >= 11 is 0. The van der Waals surface area contributed by atoms with Gasteiger partial charge in [0.15, 0.2) is 12.4 Å². The molecule has 20 heavy (non-hydrogen) atoms. The molecule has 3 aromatic rings. The van der Waals surface area contributed by atoms with Gasteiger partial charge in [-0.3, -0.25) is 4.79 Å². The minimum Gasteiger partial charge on any atom is -0.507 e. The molecule has 0 radical (unpaired) electrons. The molecule has 0 atom stereocenters. The van der Waals surface area contributed by atoms with Gasteiger partial charge in [-0.25, -0.2) is 0 Å². The normalized spacial score (nSPS) is 10.6. The van der Waals surface area contributed by atoms with Crippen molar-refractivity contribution >= 4 is 16.6 Å². The van der Waals surface area contributed by atoms with Crippen LogP contribution in [0.3, 0.4) is 0 Å². The molecule has 0 spiro atoms. The van der Waals surface area contributed by atoms with Gasteiger partial charge in [-0.15, -0.1) is 0 Å². The summed E-state index contributed by atoms with van der Waals surface area (Å²) in [5.41, 5.74) is 0.361. The van der Waals surface area contributed by atoms with E-state index >= 15 is 0 Å². The Morgan fingerprint density at radius 3 is 2.50 bits per heavy atom. The molecule has 2 aromatic carbocycles. The third-order valence-electron chi connectivity index (χ3n) is 3.30. The van der Waals surface area contributed by atoms with Crippen LogP contribution in [0.2, 0.25) is 0 Å². The first-order valence-corrected chi connectivity index (χ1v) is 6.44. The number of ketones is 1. The first-order chi connectivity index (χ1) is 9.75. The van der Waals surface area contributed by atoms with E-state index in [1.807, 2.05) is 60.9 Å². The van der Waals surface area contributed by atoms with Crippen LogP contribution >= 0.6 is 0 Å². The van der Waals surface area contributed by atoms with Crippen LogP contribution in [0.5, 0.6) is 5.75 Å². The molecule has 0 aliphatic heterocycles. The van der Waals surface area contributed by atoms with Crippen LogP contribution in [0.1, 0.15) is 10.4 Å². The van der Waals surface area contributed by atoms with Gasteiger partial charge in [0, 0.05) is 17.5 Å². The van der Waals surface area contributed by atoms with Crippen LogP contribution in [-0.2, 0) is 6.54 Å². The van der Waals surface area contributed by atoms with Crippen molar-refractivity contribution in [2.75, 3.05) is 0 Å². The van der Waals surface area contributed by atoms with Gasteiger partial charge in [0.1, 0.15) is 5.75 Å². The van der Waals surface area contributed by atoms with E-state index in [9.17, 15) is 9.90 Å². The number of pyridine rings is 1. The van der Waals surface area contributed by atoms with Gasteiger partial charge >= 0.3 is 0 Å². The van der Waals surface area contributed by atoms with E-state index in [2.05, 4.69) is 0 Å². The molecule has 1 N–H and O–H groups in total. The fourth-order valence-electron chi connectivity index (χ4n) is 2.27. The Bertz CT molecular complexity index is 766. The molecule has 0 bridgehead atoms. The number of benzene rings is 2. The molecule has 0 amide bonds. The van der Waals surface area contributed by atoms with Crippen LogP contribution in [-0.4, -0.2) is 10.9 Å². The minimum atomic E-state index is -0.107. The molecule has 1 aromatic heterocycles. The number of phenols is 1. The Labute approximate surface area is 116 Å². The molecular weight excluding hydrogens is 250 g/mol. The zero-order valence-corrected chi connectivity index (χ0v) is 10.9. The second kappa shape index (κ2) is 5.13. The summed E-state index contributed by atoms with van der Waals surface area (Å²) in [7, 11) is 0. The third kappa shape index (κ3) is 2.26. The molecule has 3 rings (SSSR count). The SMILES string of the molecule is O=C(C[n+]1ccccc1)c1ccc2ccccc2c1O. The summed E-state index contributed by atoms with van der Waals surface area (Å²) in [5.74, 6) is -0.0471. The molecule has 3 heteroatoms. The molecule has 98 valence electrons. The summed E-state index contributed by atoms with van der Waals surface area (Å²) in [4.78, 5) is 12.3. The van der Waals surface area contributed by atoms with Crippen molar-refractivity contribution in [1.29, 1.82) is 0 Å². The first kappa shape index (κ1) is 12.4. The summed E-state index contributed by atoms with van der Waals surface area (Å²) < 4.78 is 1.79. The lowest BCUT2D eigenvalue weighted by atomic mass is 10.0. The van der Waals surface area contributed by atoms with E-state index in [0.717, 1.165) is 5.39 Å². The van der Waals surface area contributed by atoms with Crippen molar-refractivity contribution in [1.82, 2.24) is 0 Å². The topological polar surface area (TPSA) is 41.2 Å². The molecule has 0 saturated heterocycles. The lowest BCUT2D eigenvalue weighted by Crippen LogP contribution is -2.36. The van der Waals surface area contributed by atoms with Gasteiger partial charge in [0.05, 0.1) is 5.56 Å². The number of phenolic OH excluding ortho intramolecular Hbond substituents is 1. The maximum Gasteiger partial charge on any atom is 0.231 e. The molecule has 0 fully saturated rings. The number of aromatic nitrogens is 1. The first-order valence-electron chi connectivity index (χ1n) is 6.44. The lowest BCUT2D eigenvalue weighted by molar-refractivity contribution is -0.683. The van der Waals surface area contributed by atoms with Gasteiger partial charge in [-0.1, -0.05) is 36.4 Å². The predicted octanol–water partition coefficient (Wildman–Crippen LogP) is 2.72. The second-order valence-corrected chi connectivity index (χ2v) is 4.65. The summed E-state index contributed by atoms with van der Waals surface area (Å²) in [6.45, 7) is 0.215. The number of fused-ring (bicyclic) bond motifs is 1. The quantitative estimate of drug-likeness (QED) is 0.583. The summed E-state index contributed by atoms with van der Waals surface area (Å²) in [6, 6.07) is 16.7. The van der Waals surface area contributed by atoms with E-state index in [1.165, 1.54) is 0 Å². The van der Waals surface area contributed by atoms with E-state index in [-0.39, 0.29) is 18.1 Å². The molecule has 0 aliphatic carbocycles. The Morgan fingerprint density at radius 1 is 0.950 bits per heavy atom. The number of aromatic hydroxyl groups is 1. The Kier molecular flexibility index (Phi) is 3.17. The van der Waals surface area contributed by atoms with E-state index in [0.29, 0.717) is 10.9 Å². The van der Waals surface area contributed by atoms with Crippen LogP contribution in [0.4, 0.5) is 0 Å². The Morgan fingerprint density at radius 2 is 1.70 bits per heavy atom. The largest absolute Gasteiger partial charge is 0.507 e. The fraction of sp³-hybridized carbons (Fsp3) is 0.0588. The smallest absolute Gasteiger partial charge is 0.231 e. The average molecular weight is 264 g/mol. The second-order valence-electron chi connectivity index (χ2n) is 4.65. The van der Waals surface area contributed by atoms with Gasteiger partial charge in [0.25, 0.3) is 0 Å². The number of rotatable bonds is 3. The number of hydrogen-bond acceptors (Lipinski definition) is 2. The zero-order chi connectivity index (χ0) is 13.9. The highest BCUT2D eigenvalue weighted by molar-refractivity contribution is 6.04. The zero-order valence-electron chi connectivity index (χ0n) is 10.9. The number of hydrogen-bond donors (Lipinski definition) is 1. The lowest BCUT2D eigenvalue weighted by Gasteiger charge is -2.05.